The van der Waals surface area contributed by atoms with Crippen LogP contribution in [0.3, 0.4) is 0 Å². The number of rotatable bonds is 6. The summed E-state index contributed by atoms with van der Waals surface area (Å²) in [6.07, 6.45) is 0. The SMILES string of the molecule is Cn1c(Nc2ccc(Br)cc2)nc2cc(Oc3ccc4c(c3)nc(Nc3ccc(Br)cc3)n4C)ccc21. The lowest BCUT2D eigenvalue weighted by atomic mass is 10.2. The van der Waals surface area contributed by atoms with Crippen LogP contribution >= 0.6 is 31.9 Å². The Morgan fingerprint density at radius 3 is 1.41 bits per heavy atom. The van der Waals surface area contributed by atoms with Gasteiger partial charge in [0.15, 0.2) is 0 Å². The zero-order chi connectivity index (χ0) is 25.5. The Kier molecular flexibility index (Phi) is 6.10. The highest BCUT2D eigenvalue weighted by Crippen LogP contribution is 2.31. The van der Waals surface area contributed by atoms with Crippen molar-refractivity contribution in [1.29, 1.82) is 0 Å². The second-order valence-electron chi connectivity index (χ2n) is 8.66. The standard InChI is InChI=1S/C28H22Br2N6O/c1-35-25-13-11-21(15-23(25)33-27(35)31-19-7-3-17(29)4-8-19)37-22-12-14-26-24(16-22)34-28(36(26)2)32-20-9-5-18(30)6-10-20/h3-16H,1-2H3,(H,31,33)(H,32,34). The second-order valence-corrected chi connectivity index (χ2v) is 10.5. The van der Waals surface area contributed by atoms with Crippen molar-refractivity contribution in [1.82, 2.24) is 19.1 Å². The summed E-state index contributed by atoms with van der Waals surface area (Å²) in [6.45, 7) is 0. The summed E-state index contributed by atoms with van der Waals surface area (Å²) >= 11 is 6.94. The first-order valence-electron chi connectivity index (χ1n) is 11.6. The molecule has 0 aliphatic heterocycles. The Hall–Kier alpha value is -3.82. The van der Waals surface area contributed by atoms with Crippen molar-refractivity contribution in [3.05, 3.63) is 93.9 Å². The molecule has 0 saturated heterocycles. The van der Waals surface area contributed by atoms with Gasteiger partial charge >= 0.3 is 0 Å². The number of nitrogens with zero attached hydrogens (tertiary/aromatic N) is 4. The molecule has 2 N–H and O–H groups in total. The average Bonchev–Trinajstić information content (AvgIpc) is 3.37. The Morgan fingerprint density at radius 2 is 1.00 bits per heavy atom. The van der Waals surface area contributed by atoms with Crippen LogP contribution in [0.15, 0.2) is 93.9 Å². The highest BCUT2D eigenvalue weighted by molar-refractivity contribution is 9.10. The van der Waals surface area contributed by atoms with Crippen molar-refractivity contribution in [2.24, 2.45) is 14.1 Å². The minimum atomic E-state index is 0.712. The van der Waals surface area contributed by atoms with E-state index in [1.165, 1.54) is 0 Å². The van der Waals surface area contributed by atoms with Gasteiger partial charge in [0, 0.05) is 46.5 Å². The molecule has 9 heteroatoms. The van der Waals surface area contributed by atoms with Crippen LogP contribution < -0.4 is 15.4 Å². The first kappa shape index (κ1) is 23.6. The Morgan fingerprint density at radius 1 is 0.595 bits per heavy atom. The van der Waals surface area contributed by atoms with E-state index in [1.807, 2.05) is 108 Å². The normalized spacial score (nSPS) is 11.2. The number of ether oxygens (including phenoxy) is 1. The van der Waals surface area contributed by atoms with Gasteiger partial charge in [-0.1, -0.05) is 31.9 Å². The molecule has 0 radical (unpaired) electrons. The molecule has 0 saturated carbocycles. The van der Waals surface area contributed by atoms with Crippen molar-refractivity contribution in [3.8, 4) is 11.5 Å². The minimum Gasteiger partial charge on any atom is -0.457 e. The van der Waals surface area contributed by atoms with Crippen molar-refractivity contribution >= 4 is 77.2 Å². The van der Waals surface area contributed by atoms with Crippen LogP contribution in [0.5, 0.6) is 11.5 Å². The van der Waals surface area contributed by atoms with Crippen molar-refractivity contribution < 1.29 is 4.74 Å². The fourth-order valence-electron chi connectivity index (χ4n) is 4.17. The molecule has 6 aromatic rings. The van der Waals surface area contributed by atoms with Gasteiger partial charge in [0.25, 0.3) is 0 Å². The molecule has 0 unspecified atom stereocenters. The molecular weight excluding hydrogens is 596 g/mol. The van der Waals surface area contributed by atoms with Crippen LogP contribution in [-0.4, -0.2) is 19.1 Å². The van der Waals surface area contributed by atoms with Gasteiger partial charge in [0.2, 0.25) is 11.9 Å². The van der Waals surface area contributed by atoms with Gasteiger partial charge in [-0.2, -0.15) is 0 Å². The molecule has 2 heterocycles. The zero-order valence-electron chi connectivity index (χ0n) is 20.0. The van der Waals surface area contributed by atoms with E-state index in [1.54, 1.807) is 0 Å². The molecule has 4 aromatic carbocycles. The quantitative estimate of drug-likeness (QED) is 0.197. The molecule has 2 aromatic heterocycles. The maximum atomic E-state index is 6.21. The van der Waals surface area contributed by atoms with Gasteiger partial charge in [-0.3, -0.25) is 0 Å². The number of benzene rings is 4. The number of nitrogens with one attached hydrogen (secondary N) is 2. The van der Waals surface area contributed by atoms with Gasteiger partial charge in [0.1, 0.15) is 11.5 Å². The lowest BCUT2D eigenvalue weighted by molar-refractivity contribution is 0.484. The molecule has 0 spiro atoms. The van der Waals surface area contributed by atoms with Crippen LogP contribution in [0, 0.1) is 0 Å². The number of hydrogen-bond acceptors (Lipinski definition) is 5. The smallest absolute Gasteiger partial charge is 0.208 e. The fraction of sp³-hybridized carbons (Fsp3) is 0.0714. The van der Waals surface area contributed by atoms with Crippen LogP contribution in [0.2, 0.25) is 0 Å². The molecule has 184 valence electrons. The second kappa shape index (κ2) is 9.57. The van der Waals surface area contributed by atoms with Gasteiger partial charge in [0.05, 0.1) is 22.1 Å². The van der Waals surface area contributed by atoms with Crippen molar-refractivity contribution in [3.63, 3.8) is 0 Å². The molecule has 0 atom stereocenters. The number of anilines is 4. The summed E-state index contributed by atoms with van der Waals surface area (Å²) in [5.74, 6) is 2.94. The molecule has 0 fully saturated rings. The lowest BCUT2D eigenvalue weighted by Gasteiger charge is -2.07. The summed E-state index contributed by atoms with van der Waals surface area (Å²) in [7, 11) is 3.98. The number of fused-ring (bicyclic) bond motifs is 2. The number of halogens is 2. The predicted molar refractivity (Wildman–Crippen MR) is 156 cm³/mol. The van der Waals surface area contributed by atoms with Crippen LogP contribution in [0.1, 0.15) is 0 Å². The van der Waals surface area contributed by atoms with Crippen molar-refractivity contribution in [2.45, 2.75) is 0 Å². The molecule has 0 aliphatic carbocycles. The van der Waals surface area contributed by atoms with Gasteiger partial charge in [-0.15, -0.1) is 0 Å². The molecule has 0 amide bonds. The molecule has 6 rings (SSSR count). The lowest BCUT2D eigenvalue weighted by Crippen LogP contribution is -1.98. The number of aryl methyl sites for hydroxylation is 2. The monoisotopic (exact) mass is 616 g/mol. The summed E-state index contributed by atoms with van der Waals surface area (Å²) < 4.78 is 12.3. The van der Waals surface area contributed by atoms with Gasteiger partial charge < -0.3 is 24.5 Å². The van der Waals surface area contributed by atoms with Crippen LogP contribution in [0.4, 0.5) is 23.3 Å². The largest absolute Gasteiger partial charge is 0.457 e. The maximum Gasteiger partial charge on any atom is 0.208 e. The number of aromatic nitrogens is 4. The zero-order valence-corrected chi connectivity index (χ0v) is 23.2. The highest BCUT2D eigenvalue weighted by atomic mass is 79.9. The summed E-state index contributed by atoms with van der Waals surface area (Å²) in [4.78, 5) is 9.55. The molecular formula is C28H22Br2N6O. The summed E-state index contributed by atoms with van der Waals surface area (Å²) in [5.41, 5.74) is 5.65. The summed E-state index contributed by atoms with van der Waals surface area (Å²) in [5, 5.41) is 6.75. The average molecular weight is 618 g/mol. The molecule has 37 heavy (non-hydrogen) atoms. The van der Waals surface area contributed by atoms with E-state index in [2.05, 4.69) is 42.5 Å². The van der Waals surface area contributed by atoms with Gasteiger partial charge in [-0.25, -0.2) is 9.97 Å². The third-order valence-corrected chi connectivity index (χ3v) is 7.20. The first-order valence-corrected chi connectivity index (χ1v) is 13.2. The van der Waals surface area contributed by atoms with E-state index in [0.29, 0.717) is 11.5 Å². The van der Waals surface area contributed by atoms with Crippen LogP contribution in [-0.2, 0) is 14.1 Å². The number of imidazole rings is 2. The van der Waals surface area contributed by atoms with E-state index < -0.39 is 0 Å². The Labute approximate surface area is 230 Å². The van der Waals surface area contributed by atoms with Crippen LogP contribution in [0.25, 0.3) is 22.1 Å². The maximum absolute atomic E-state index is 6.21. The fourth-order valence-corrected chi connectivity index (χ4v) is 4.70. The van der Waals surface area contributed by atoms with E-state index in [0.717, 1.165) is 54.3 Å². The molecule has 0 aliphatic rings. The van der Waals surface area contributed by atoms with E-state index >= 15 is 0 Å². The highest BCUT2D eigenvalue weighted by Gasteiger charge is 2.12. The molecule has 7 nitrogen and oxygen atoms in total. The van der Waals surface area contributed by atoms with E-state index in [4.69, 9.17) is 14.7 Å². The minimum absolute atomic E-state index is 0.712. The van der Waals surface area contributed by atoms with E-state index in [9.17, 15) is 0 Å². The number of hydrogen-bond donors (Lipinski definition) is 2. The third-order valence-electron chi connectivity index (χ3n) is 6.14. The molecule has 0 bridgehead atoms. The third kappa shape index (κ3) is 4.80. The Bertz CT molecular complexity index is 1610. The van der Waals surface area contributed by atoms with Gasteiger partial charge in [-0.05, 0) is 72.8 Å². The topological polar surface area (TPSA) is 68.9 Å². The summed E-state index contributed by atoms with van der Waals surface area (Å²) in [6, 6.07) is 27.8. The first-order chi connectivity index (χ1) is 17.9. The van der Waals surface area contributed by atoms with E-state index in [-0.39, 0.29) is 0 Å². The Balaban J connectivity index is 1.24. The van der Waals surface area contributed by atoms with Crippen molar-refractivity contribution in [2.75, 3.05) is 10.6 Å². The predicted octanol–water partition coefficient (Wildman–Crippen LogP) is 8.26.